The first-order valence-electron chi connectivity index (χ1n) is 6.35. The van der Waals surface area contributed by atoms with Crippen molar-refractivity contribution in [3.8, 4) is 11.8 Å². The average Bonchev–Trinajstić information content (AvgIpc) is 2.89. The van der Waals surface area contributed by atoms with E-state index in [1.54, 1.807) is 0 Å². The number of rotatable bonds is 4. The summed E-state index contributed by atoms with van der Waals surface area (Å²) in [4.78, 5) is 11.7. The molecule has 6 heteroatoms. The Bertz CT molecular complexity index is 549. The second-order valence-corrected chi connectivity index (χ2v) is 4.81. The molecule has 1 aromatic carbocycles. The first-order chi connectivity index (χ1) is 9.54. The lowest BCUT2D eigenvalue weighted by Crippen LogP contribution is -2.47. The third-order valence-electron chi connectivity index (χ3n) is 3.31. The molecule has 0 aliphatic heterocycles. The van der Waals surface area contributed by atoms with Gasteiger partial charge in [-0.1, -0.05) is 0 Å². The predicted molar refractivity (Wildman–Crippen MR) is 66.8 cm³/mol. The number of amides is 1. The van der Waals surface area contributed by atoms with Crippen LogP contribution in [0.2, 0.25) is 0 Å². The van der Waals surface area contributed by atoms with Crippen molar-refractivity contribution in [2.24, 2.45) is 0 Å². The normalized spacial score (nSPS) is 16.4. The summed E-state index contributed by atoms with van der Waals surface area (Å²) in [5.74, 6) is -2.39. The molecular formula is C14H14F2N2O2. The highest BCUT2D eigenvalue weighted by Crippen LogP contribution is 2.28. The van der Waals surface area contributed by atoms with E-state index in [1.165, 1.54) is 6.07 Å². The Balaban J connectivity index is 1.89. The van der Waals surface area contributed by atoms with Crippen LogP contribution in [0, 0.1) is 23.0 Å². The Morgan fingerprint density at radius 1 is 1.35 bits per heavy atom. The number of nitrogens with zero attached hydrogens (tertiary/aromatic N) is 1. The van der Waals surface area contributed by atoms with Gasteiger partial charge in [0.05, 0.1) is 6.07 Å². The van der Waals surface area contributed by atoms with Crippen molar-refractivity contribution in [2.75, 3.05) is 6.61 Å². The summed E-state index contributed by atoms with van der Waals surface area (Å²) < 4.78 is 30.7. The van der Waals surface area contributed by atoms with E-state index in [2.05, 4.69) is 11.4 Å². The Kier molecular flexibility index (Phi) is 4.18. The summed E-state index contributed by atoms with van der Waals surface area (Å²) >= 11 is 0. The molecule has 2 rings (SSSR count). The van der Waals surface area contributed by atoms with Gasteiger partial charge in [-0.25, -0.2) is 8.78 Å². The van der Waals surface area contributed by atoms with Crippen molar-refractivity contribution >= 4 is 5.91 Å². The van der Waals surface area contributed by atoms with Crippen molar-refractivity contribution in [2.45, 2.75) is 31.2 Å². The van der Waals surface area contributed by atoms with Gasteiger partial charge in [0.15, 0.2) is 18.2 Å². The molecule has 0 aromatic heterocycles. The lowest BCUT2D eigenvalue weighted by molar-refractivity contribution is -0.124. The van der Waals surface area contributed by atoms with Gasteiger partial charge in [-0.15, -0.1) is 0 Å². The summed E-state index contributed by atoms with van der Waals surface area (Å²) in [7, 11) is 0. The van der Waals surface area contributed by atoms with Crippen LogP contribution >= 0.6 is 0 Å². The van der Waals surface area contributed by atoms with Gasteiger partial charge < -0.3 is 10.1 Å². The molecule has 1 fully saturated rings. The summed E-state index contributed by atoms with van der Waals surface area (Å²) in [6.07, 6.45) is 3.05. The molecule has 1 aliphatic rings. The average molecular weight is 280 g/mol. The van der Waals surface area contributed by atoms with Crippen LogP contribution in [0.1, 0.15) is 25.7 Å². The van der Waals surface area contributed by atoms with Crippen LogP contribution in [0.4, 0.5) is 8.78 Å². The van der Waals surface area contributed by atoms with E-state index in [9.17, 15) is 13.6 Å². The molecular weight excluding hydrogens is 266 g/mol. The number of halogens is 2. The minimum Gasteiger partial charge on any atom is -0.484 e. The topological polar surface area (TPSA) is 62.1 Å². The Morgan fingerprint density at radius 2 is 2.05 bits per heavy atom. The van der Waals surface area contributed by atoms with Crippen molar-refractivity contribution in [3.05, 3.63) is 29.8 Å². The molecule has 1 amide bonds. The van der Waals surface area contributed by atoms with Crippen LogP contribution in [-0.2, 0) is 4.79 Å². The lowest BCUT2D eigenvalue weighted by Gasteiger charge is -2.21. The minimum absolute atomic E-state index is 0.0662. The number of ether oxygens (including phenoxy) is 1. The van der Waals surface area contributed by atoms with Gasteiger partial charge in [0, 0.05) is 6.07 Å². The lowest BCUT2D eigenvalue weighted by atomic mass is 10.00. The number of nitrogens with one attached hydrogen (secondary N) is 1. The smallest absolute Gasteiger partial charge is 0.259 e. The highest BCUT2D eigenvalue weighted by Gasteiger charge is 2.35. The molecule has 0 bridgehead atoms. The molecule has 4 nitrogen and oxygen atoms in total. The molecule has 1 aliphatic carbocycles. The van der Waals surface area contributed by atoms with E-state index in [1.807, 2.05) is 0 Å². The van der Waals surface area contributed by atoms with E-state index >= 15 is 0 Å². The van der Waals surface area contributed by atoms with Crippen LogP contribution in [0.3, 0.4) is 0 Å². The van der Waals surface area contributed by atoms with Gasteiger partial charge >= 0.3 is 0 Å². The van der Waals surface area contributed by atoms with Crippen molar-refractivity contribution < 1.29 is 18.3 Å². The number of carbonyl (C=O) groups is 1. The van der Waals surface area contributed by atoms with E-state index in [-0.39, 0.29) is 12.4 Å². The van der Waals surface area contributed by atoms with Gasteiger partial charge in [-0.3, -0.25) is 4.79 Å². The van der Waals surface area contributed by atoms with Crippen LogP contribution in [0.15, 0.2) is 18.2 Å². The van der Waals surface area contributed by atoms with E-state index in [0.717, 1.165) is 25.0 Å². The molecule has 0 saturated heterocycles. The fourth-order valence-corrected chi connectivity index (χ4v) is 2.26. The maximum absolute atomic E-state index is 12.9. The maximum Gasteiger partial charge on any atom is 0.259 e. The molecule has 106 valence electrons. The first kappa shape index (κ1) is 14.3. The van der Waals surface area contributed by atoms with Crippen LogP contribution in [0.5, 0.6) is 5.75 Å². The molecule has 0 unspecified atom stereocenters. The van der Waals surface area contributed by atoms with Crippen LogP contribution < -0.4 is 10.1 Å². The largest absolute Gasteiger partial charge is 0.484 e. The predicted octanol–water partition coefficient (Wildman–Crippen LogP) is 2.30. The highest BCUT2D eigenvalue weighted by molar-refractivity contribution is 5.78. The second-order valence-electron chi connectivity index (χ2n) is 4.81. The third-order valence-corrected chi connectivity index (χ3v) is 3.31. The van der Waals surface area contributed by atoms with E-state index < -0.39 is 23.1 Å². The molecule has 1 N–H and O–H groups in total. The molecule has 20 heavy (non-hydrogen) atoms. The van der Waals surface area contributed by atoms with Crippen LogP contribution in [0.25, 0.3) is 0 Å². The summed E-state index contributed by atoms with van der Waals surface area (Å²) in [5.41, 5.74) is -0.811. The van der Waals surface area contributed by atoms with Crippen molar-refractivity contribution in [3.63, 3.8) is 0 Å². The first-order valence-corrected chi connectivity index (χ1v) is 6.35. The number of carbonyl (C=O) groups excluding carboxylic acids is 1. The SMILES string of the molecule is N#CC1(NC(=O)COc2ccc(F)c(F)c2)CCCC1. The quantitative estimate of drug-likeness (QED) is 0.920. The fourth-order valence-electron chi connectivity index (χ4n) is 2.26. The Hall–Kier alpha value is -2.16. The standard InChI is InChI=1S/C14H14F2N2O2/c15-11-4-3-10(7-12(11)16)20-8-13(19)18-14(9-17)5-1-2-6-14/h3-4,7H,1-2,5-6,8H2,(H,18,19). The van der Waals surface area contributed by atoms with E-state index in [0.29, 0.717) is 12.8 Å². The van der Waals surface area contributed by atoms with Gasteiger partial charge in [0.2, 0.25) is 0 Å². The molecule has 0 radical (unpaired) electrons. The number of nitriles is 1. The van der Waals surface area contributed by atoms with Gasteiger partial charge in [-0.05, 0) is 37.8 Å². The number of benzene rings is 1. The number of hydrogen-bond donors (Lipinski definition) is 1. The zero-order chi connectivity index (χ0) is 14.6. The molecule has 0 spiro atoms. The Labute approximate surface area is 115 Å². The summed E-state index contributed by atoms with van der Waals surface area (Å²) in [5, 5.41) is 11.8. The monoisotopic (exact) mass is 280 g/mol. The zero-order valence-electron chi connectivity index (χ0n) is 10.8. The van der Waals surface area contributed by atoms with Gasteiger partial charge in [-0.2, -0.15) is 5.26 Å². The Morgan fingerprint density at radius 3 is 2.65 bits per heavy atom. The van der Waals surface area contributed by atoms with Gasteiger partial charge in [0.25, 0.3) is 5.91 Å². The highest BCUT2D eigenvalue weighted by atomic mass is 19.2. The minimum atomic E-state index is -1.04. The second kappa shape index (κ2) is 5.87. The third kappa shape index (κ3) is 3.23. The summed E-state index contributed by atoms with van der Waals surface area (Å²) in [6, 6.07) is 5.16. The molecule has 0 heterocycles. The maximum atomic E-state index is 12.9. The zero-order valence-corrected chi connectivity index (χ0v) is 10.8. The summed E-state index contributed by atoms with van der Waals surface area (Å²) in [6.45, 7) is -0.339. The van der Waals surface area contributed by atoms with Crippen LogP contribution in [-0.4, -0.2) is 18.1 Å². The van der Waals surface area contributed by atoms with Crippen molar-refractivity contribution in [1.29, 1.82) is 5.26 Å². The van der Waals surface area contributed by atoms with E-state index in [4.69, 9.17) is 10.00 Å². The van der Waals surface area contributed by atoms with Gasteiger partial charge in [0.1, 0.15) is 11.3 Å². The molecule has 1 aromatic rings. The number of hydrogen-bond acceptors (Lipinski definition) is 3. The molecule has 1 saturated carbocycles. The fraction of sp³-hybridized carbons (Fsp3) is 0.429. The molecule has 0 atom stereocenters. The van der Waals surface area contributed by atoms with Crippen molar-refractivity contribution in [1.82, 2.24) is 5.32 Å².